The molecule has 798 valence electrons. The van der Waals surface area contributed by atoms with Gasteiger partial charge in [0.25, 0.3) is 5.43 Å². The van der Waals surface area contributed by atoms with Crippen molar-refractivity contribution in [2.45, 2.75) is 236 Å². The molecule has 147 heavy (non-hydrogen) atoms. The molecule has 39 nitrogen and oxygen atoms in total. The molecule has 16 aromatic rings. The second-order valence-corrected chi connectivity index (χ2v) is 43.8. The molecular formula is C100H122Cl7FN14O25. The van der Waals surface area contributed by atoms with Gasteiger partial charge in [0, 0.05) is 113 Å². The van der Waals surface area contributed by atoms with E-state index in [9.17, 15) is 95.3 Å². The summed E-state index contributed by atoms with van der Waals surface area (Å²) in [5.41, 5.74) is 4.80. The summed E-state index contributed by atoms with van der Waals surface area (Å²) in [5.74, 6) is -3.41. The van der Waals surface area contributed by atoms with Crippen LogP contribution < -0.4 is 21.7 Å². The van der Waals surface area contributed by atoms with Crippen LogP contribution in [0.3, 0.4) is 0 Å². The third-order valence-electron chi connectivity index (χ3n) is 21.5. The van der Waals surface area contributed by atoms with Crippen molar-refractivity contribution in [3.05, 3.63) is 213 Å². The smallest absolute Gasteiger partial charge is 0.259 e. The molecule has 0 unspecified atom stereocenters. The molecule has 10 heterocycles. The average molecular weight is 2190 g/mol. The Kier molecular flexibility index (Phi) is 37.6. The molecule has 6 aromatic carbocycles. The zero-order valence-corrected chi connectivity index (χ0v) is 90.9. The second kappa shape index (κ2) is 46.0. The van der Waals surface area contributed by atoms with Crippen molar-refractivity contribution in [1.82, 2.24) is 68.5 Å². The maximum atomic E-state index is 13.1. The SMILES string of the molecule is CC(C)(C)c1nc2c(Cl)c(O)c(O)cc2[nH]1.CC(C)(C)c1nc2cc(O)c(O)cc2[nH]1.CC(C)(C)c1noc2c(Cl)c(O)c(O)cc12.CC(C)(C)c1noc2cc(O)c(O)c(Cl)c12.CC(C)c1c(Cl)c(=O)c(O)cn1O.CC(C)c1c(F)c(=O)c(O)cn1O.CC(C)c1cc(=O)c(O)c(Cl)[nH]1.CC(C)c1cc(=O)c(O)c(Cl)n1O.Cn1c(C(C)(C)C)nc2cc(O)c(O)c(Cl)c21.Cn1c(C(C)(C)C)nc2cc(O)c(O)cc21. The number of fused-ring (bicyclic) bond motifs is 6. The number of phenolic OH excluding ortho intramolecular Hbond substituents is 12. The number of hydrogen-bond acceptors (Lipinski definition) is 31. The monoisotopic (exact) mass is 2180 g/mol. The van der Waals surface area contributed by atoms with Gasteiger partial charge in [-0.25, -0.2) is 24.3 Å². The largest absolute Gasteiger partial charge is 0.504 e. The third kappa shape index (κ3) is 27.7. The highest BCUT2D eigenvalue weighted by molar-refractivity contribution is 6.38. The number of rotatable bonds is 4. The molecule has 0 amide bonds. The Morgan fingerprint density at radius 2 is 0.803 bits per heavy atom. The van der Waals surface area contributed by atoms with Crippen LogP contribution in [0.25, 0.3) is 66.1 Å². The van der Waals surface area contributed by atoms with Gasteiger partial charge in [-0.1, -0.05) is 272 Å². The molecule has 0 bridgehead atoms. The Morgan fingerprint density at radius 1 is 0.374 bits per heavy atom. The Balaban J connectivity index is 0.000000222. The van der Waals surface area contributed by atoms with Crippen molar-refractivity contribution in [1.29, 1.82) is 0 Å². The number of hydrogen-bond donors (Lipinski definition) is 22. The lowest BCUT2D eigenvalue weighted by molar-refractivity contribution is 0.162. The molecule has 0 aliphatic heterocycles. The minimum absolute atomic E-state index is 0.00574. The fourth-order valence-electron chi connectivity index (χ4n) is 13.8. The first-order valence-corrected chi connectivity index (χ1v) is 47.5. The maximum absolute atomic E-state index is 13.1. The summed E-state index contributed by atoms with van der Waals surface area (Å²) in [6.07, 6.45) is 1.71. The molecule has 47 heteroatoms. The van der Waals surface area contributed by atoms with Crippen LogP contribution in [0.1, 0.15) is 261 Å². The second-order valence-electron chi connectivity index (χ2n) is 41.2. The number of pyridine rings is 4. The van der Waals surface area contributed by atoms with Gasteiger partial charge in [-0.05, 0) is 23.8 Å². The number of phenols is 12. The first-order valence-electron chi connectivity index (χ1n) is 44.8. The van der Waals surface area contributed by atoms with E-state index in [1.807, 2.05) is 141 Å². The summed E-state index contributed by atoms with van der Waals surface area (Å²) in [5, 5.41) is 186. The molecule has 0 aliphatic carbocycles. The van der Waals surface area contributed by atoms with Crippen LogP contribution >= 0.6 is 81.2 Å². The topological polar surface area (TPSA) is 628 Å². The van der Waals surface area contributed by atoms with Gasteiger partial charge in [0.15, 0.2) is 114 Å². The fraction of sp³-hybridized carbons (Fsp3) is 0.380. The number of H-pyrrole nitrogens is 3. The standard InChI is InChI=1S/C12H15ClN2O2.C12H16N2O2.C11H13ClN2O2.2C11H12ClNO3.C11H14N2O2.2C8H10ClNO3.C8H10ClNO2.C8H10FNO3/c1-12(2,3)11-14-6-5-7(16)10(17)8(13)9(6)15(11)4;1-12(2,3)11-13-7-5-9(15)10(16)6-8(7)14(11)4;1-11(2,3)10-13-5-4-6(15)9(16)7(12)8(5)14-10;1-11(2,3)10-5-4-6(14)8(15)7(12)9(5)16-13-10;1-11(2,3)10-7-6(16-13-10)4-5(14)9(15)8(7)12;1-11(2,3)10-12-6-4-8(14)9(15)5-7(6)13-10;1-4(2)7-6(9)8(12)5(11)3-10(7)13;1-4(2)5-3-6(11)7(12)8(9)10(5)13;1-4(2)5-3-6(11)7(12)8(9)10-5;1-4(2)7-6(9)8(12)5(11)3-10(7)13/h5,16-17H,1-4H3;5-6,15-16H,1-4H3;4,15-16H,1-3H3,(H,13,14);2*4,14-15H,1-3H3;4-5,14-15H,1-3H3,(H,12,13);3-4,11,13H,1-2H3;3-4,12-13H,1-2H3;3-4,12H,1-2H3,(H,10,11);3-4,11,13H,1-2H3. The van der Waals surface area contributed by atoms with Crippen molar-refractivity contribution in [3.63, 3.8) is 0 Å². The number of aromatic hydroxyl groups is 16. The maximum Gasteiger partial charge on any atom is 0.259 e. The van der Waals surface area contributed by atoms with Crippen LogP contribution in [0.4, 0.5) is 4.39 Å². The highest BCUT2D eigenvalue weighted by Crippen LogP contribution is 2.48. The van der Waals surface area contributed by atoms with Crippen LogP contribution in [-0.2, 0) is 46.6 Å². The summed E-state index contributed by atoms with van der Waals surface area (Å²) in [6, 6.07) is 14.0. The summed E-state index contributed by atoms with van der Waals surface area (Å²) >= 11 is 40.5. The molecule has 0 saturated heterocycles. The van der Waals surface area contributed by atoms with E-state index in [1.54, 1.807) is 41.5 Å². The van der Waals surface area contributed by atoms with Crippen molar-refractivity contribution in [2.75, 3.05) is 0 Å². The Hall–Kier alpha value is -13.9. The first-order chi connectivity index (χ1) is 67.2. The number of nitrogens with zero attached hydrogens (tertiary/aromatic N) is 11. The van der Waals surface area contributed by atoms with Crippen molar-refractivity contribution >= 4 is 147 Å². The van der Waals surface area contributed by atoms with E-state index in [1.165, 1.54) is 54.6 Å². The van der Waals surface area contributed by atoms with E-state index in [2.05, 4.69) is 66.0 Å². The quantitative estimate of drug-likeness (QED) is 0.0442. The van der Waals surface area contributed by atoms with E-state index in [4.69, 9.17) is 116 Å². The van der Waals surface area contributed by atoms with Gasteiger partial charge >= 0.3 is 0 Å². The van der Waals surface area contributed by atoms with Crippen LogP contribution in [0, 0.1) is 5.82 Å². The Bertz CT molecular complexity index is 7680. The summed E-state index contributed by atoms with van der Waals surface area (Å²) < 4.78 is 28.8. The van der Waals surface area contributed by atoms with E-state index in [-0.39, 0.29) is 166 Å². The van der Waals surface area contributed by atoms with Gasteiger partial charge in [0.2, 0.25) is 22.0 Å². The summed E-state index contributed by atoms with van der Waals surface area (Å²) in [7, 11) is 3.75. The van der Waals surface area contributed by atoms with Crippen molar-refractivity contribution < 1.29 is 111 Å². The zero-order chi connectivity index (χ0) is 112. The van der Waals surface area contributed by atoms with Gasteiger partial charge in [-0.15, -0.1) is 0 Å². The van der Waals surface area contributed by atoms with Crippen LogP contribution in [-0.4, -0.2) is 166 Å². The molecule has 10 aromatic heterocycles. The molecular weight excluding hydrogens is 2060 g/mol. The van der Waals surface area contributed by atoms with E-state index in [0.29, 0.717) is 92.0 Å². The Morgan fingerprint density at radius 3 is 1.31 bits per heavy atom. The number of nitrogens with one attached hydrogen (secondary N) is 3. The van der Waals surface area contributed by atoms with Crippen LogP contribution in [0.5, 0.6) is 92.0 Å². The van der Waals surface area contributed by atoms with E-state index < -0.39 is 50.5 Å². The molecule has 0 saturated carbocycles. The number of aromatic amines is 3. The zero-order valence-electron chi connectivity index (χ0n) is 85.6. The molecule has 22 N–H and O–H groups in total. The van der Waals surface area contributed by atoms with Gasteiger partial charge in [-0.3, -0.25) is 19.2 Å². The minimum atomic E-state index is -1.11. The minimum Gasteiger partial charge on any atom is -0.504 e. The number of benzene rings is 6. The van der Waals surface area contributed by atoms with Crippen LogP contribution in [0.2, 0.25) is 35.4 Å². The van der Waals surface area contributed by atoms with Gasteiger partial charge in [-0.2, -0.15) is 14.2 Å². The predicted molar refractivity (Wildman–Crippen MR) is 563 cm³/mol. The highest BCUT2D eigenvalue weighted by Gasteiger charge is 2.32. The Labute approximate surface area is 875 Å². The third-order valence-corrected chi connectivity index (χ3v) is 23.9. The lowest BCUT2D eigenvalue weighted by Crippen LogP contribution is -2.17. The molecule has 0 atom stereocenters. The summed E-state index contributed by atoms with van der Waals surface area (Å²) in [4.78, 5) is 70.7. The molecule has 0 aliphatic rings. The van der Waals surface area contributed by atoms with E-state index in [0.717, 1.165) is 58.5 Å². The normalized spacial score (nSPS) is 11.7. The van der Waals surface area contributed by atoms with E-state index >= 15 is 0 Å². The lowest BCUT2D eigenvalue weighted by Gasteiger charge is -2.17. The first kappa shape index (κ1) is 120. The number of aryl methyl sites for hydroxylation is 2. The van der Waals surface area contributed by atoms with Gasteiger partial charge in [0.05, 0.1) is 95.3 Å². The van der Waals surface area contributed by atoms with Crippen molar-refractivity contribution in [2.24, 2.45) is 14.1 Å². The molecule has 0 radical (unpaired) electrons. The number of aromatic nitrogens is 14. The summed E-state index contributed by atoms with van der Waals surface area (Å²) in [6.45, 7) is 50.6. The fourth-order valence-corrected chi connectivity index (χ4v) is 15.7. The molecule has 16 rings (SSSR count). The molecule has 0 spiro atoms. The lowest BCUT2D eigenvalue weighted by atomic mass is 9.90. The van der Waals surface area contributed by atoms with Crippen molar-refractivity contribution in [3.8, 4) is 92.0 Å². The molecule has 0 fully saturated rings. The predicted octanol–water partition coefficient (Wildman–Crippen LogP) is 22.8. The van der Waals surface area contributed by atoms with Gasteiger partial charge < -0.3 is 130 Å². The van der Waals surface area contributed by atoms with Gasteiger partial charge in [0.1, 0.15) is 48.9 Å². The average Bonchev–Trinajstić information content (AvgIpc) is 1.59. The number of halogens is 8. The van der Waals surface area contributed by atoms with Crippen LogP contribution in [0.15, 0.2) is 101 Å². The highest BCUT2D eigenvalue weighted by atomic mass is 35.5. The number of imidazole rings is 4.